The number of ketones is 1. The van der Waals surface area contributed by atoms with Gasteiger partial charge in [-0.25, -0.2) is 4.99 Å². The fourth-order valence-electron chi connectivity index (χ4n) is 4.16. The minimum absolute atomic E-state index is 0.0259. The van der Waals surface area contributed by atoms with Crippen LogP contribution in [-0.4, -0.2) is 61.1 Å². The molecule has 2 N–H and O–H groups in total. The molecule has 40 heavy (non-hydrogen) atoms. The topological polar surface area (TPSA) is 86.6 Å². The average molecular weight is 561 g/mol. The molecule has 210 valence electrons. The number of nitrogens with zero attached hydrogens (tertiary/aromatic N) is 3. The highest BCUT2D eigenvalue weighted by atomic mass is 32.2. The van der Waals surface area contributed by atoms with Crippen molar-refractivity contribution in [2.24, 2.45) is 4.99 Å². The number of carbonyl (C=O) groups excluding carboxylic acids is 1. The Hall–Kier alpha value is -3.79. The lowest BCUT2D eigenvalue weighted by Crippen LogP contribution is -2.33. The molecule has 1 fully saturated rings. The van der Waals surface area contributed by atoms with Crippen LogP contribution < -0.4 is 15.0 Å². The van der Waals surface area contributed by atoms with E-state index in [1.54, 1.807) is 26.2 Å². The molecule has 0 saturated carbocycles. The molecule has 1 heterocycles. The van der Waals surface area contributed by atoms with Crippen molar-refractivity contribution in [3.8, 4) is 5.75 Å². The zero-order valence-electron chi connectivity index (χ0n) is 23.3. The van der Waals surface area contributed by atoms with Crippen LogP contribution >= 0.6 is 11.8 Å². The van der Waals surface area contributed by atoms with E-state index in [-0.39, 0.29) is 5.78 Å². The van der Waals surface area contributed by atoms with Crippen LogP contribution in [0.4, 0.5) is 17.1 Å². The Balaban J connectivity index is 1.65. The maximum Gasteiger partial charge on any atom is 0.171 e. The monoisotopic (exact) mass is 560 g/mol. The van der Waals surface area contributed by atoms with Gasteiger partial charge in [0.2, 0.25) is 0 Å². The van der Waals surface area contributed by atoms with Crippen molar-refractivity contribution >= 4 is 39.8 Å². The van der Waals surface area contributed by atoms with E-state index < -0.39 is 6.23 Å². The lowest BCUT2D eigenvalue weighted by Gasteiger charge is -2.23. The molecule has 8 nitrogen and oxygen atoms in total. The number of methoxy groups -OCH3 is 1. The van der Waals surface area contributed by atoms with E-state index in [9.17, 15) is 9.90 Å². The van der Waals surface area contributed by atoms with E-state index in [2.05, 4.69) is 5.32 Å². The zero-order chi connectivity index (χ0) is 28.5. The van der Waals surface area contributed by atoms with Gasteiger partial charge >= 0.3 is 0 Å². The van der Waals surface area contributed by atoms with Crippen molar-refractivity contribution < 1.29 is 19.4 Å². The van der Waals surface area contributed by atoms with Crippen LogP contribution in [-0.2, 0) is 11.3 Å². The molecule has 0 aliphatic carbocycles. The molecule has 9 heteroatoms. The van der Waals surface area contributed by atoms with Crippen LogP contribution in [0.1, 0.15) is 29.8 Å². The van der Waals surface area contributed by atoms with Crippen LogP contribution in [0.15, 0.2) is 88.9 Å². The molecule has 1 aliphatic heterocycles. The fourth-order valence-corrected chi connectivity index (χ4v) is 5.24. The fraction of sp³-hybridized carbons (Fsp3) is 0.290. The Morgan fingerprint density at radius 3 is 2.55 bits per heavy atom. The largest absolute Gasteiger partial charge is 0.491 e. The second-order valence-electron chi connectivity index (χ2n) is 9.28. The summed E-state index contributed by atoms with van der Waals surface area (Å²) in [7, 11) is 3.59. The smallest absolute Gasteiger partial charge is 0.171 e. The maximum absolute atomic E-state index is 12.1. The second-order valence-corrected chi connectivity index (χ2v) is 10.3. The Kier molecular flexibility index (Phi) is 10.2. The number of carbonyl (C=O) groups is 1. The van der Waals surface area contributed by atoms with Crippen molar-refractivity contribution in [3.63, 3.8) is 0 Å². The van der Waals surface area contributed by atoms with Gasteiger partial charge in [-0.1, -0.05) is 42.1 Å². The van der Waals surface area contributed by atoms with Crippen molar-refractivity contribution in [1.82, 2.24) is 4.90 Å². The molecular weight excluding hydrogens is 524 g/mol. The molecule has 4 rings (SSSR count). The summed E-state index contributed by atoms with van der Waals surface area (Å²) in [6, 6.07) is 23.2. The molecule has 1 unspecified atom stereocenters. The minimum atomic E-state index is -0.887. The molecule has 0 amide bonds. The van der Waals surface area contributed by atoms with Gasteiger partial charge in [0.05, 0.1) is 22.9 Å². The van der Waals surface area contributed by atoms with Crippen molar-refractivity contribution in [3.05, 3.63) is 95.0 Å². The third kappa shape index (κ3) is 7.44. The Labute approximate surface area is 240 Å². The van der Waals surface area contributed by atoms with Gasteiger partial charge in [-0.05, 0) is 61.9 Å². The van der Waals surface area contributed by atoms with Crippen LogP contribution in [0.3, 0.4) is 0 Å². The molecule has 3 aromatic carbocycles. The number of hydrogen-bond acceptors (Lipinski definition) is 8. The lowest BCUT2D eigenvalue weighted by molar-refractivity contribution is 0.0949. The number of amidine groups is 1. The normalized spacial score (nSPS) is 16.9. The molecular formula is C31H36N4O4S. The highest BCUT2D eigenvalue weighted by Gasteiger charge is 2.34. The van der Waals surface area contributed by atoms with Gasteiger partial charge in [0.15, 0.2) is 17.2 Å². The third-order valence-electron chi connectivity index (χ3n) is 6.31. The molecule has 0 spiro atoms. The first-order chi connectivity index (χ1) is 19.4. The van der Waals surface area contributed by atoms with Crippen LogP contribution in [0.5, 0.6) is 5.75 Å². The maximum atomic E-state index is 12.1. The lowest BCUT2D eigenvalue weighted by atomic mass is 10.1. The summed E-state index contributed by atoms with van der Waals surface area (Å²) in [4.78, 5) is 21.7. The van der Waals surface area contributed by atoms with Gasteiger partial charge in [-0.15, -0.1) is 0 Å². The second kappa shape index (κ2) is 14.0. The summed E-state index contributed by atoms with van der Waals surface area (Å²) in [5.41, 5.74) is 4.07. The number of ether oxygens (including phenoxy) is 2. The molecule has 1 atom stereocenters. The minimum Gasteiger partial charge on any atom is -0.491 e. The van der Waals surface area contributed by atoms with Gasteiger partial charge in [-0.2, -0.15) is 0 Å². The molecule has 1 saturated heterocycles. The first kappa shape index (κ1) is 29.2. The highest BCUT2D eigenvalue weighted by Crippen LogP contribution is 2.39. The van der Waals surface area contributed by atoms with E-state index in [1.807, 2.05) is 90.6 Å². The summed E-state index contributed by atoms with van der Waals surface area (Å²) in [6.07, 6.45) is 1.04. The number of anilines is 2. The standard InChI is InChI=1S/C31H36N4O4S/c1-5-32-27-16-11-24(22(2)36)19-28(27)33-31-35(20-23-9-7-6-8-10-23)30(37)29(40-31)21-34(3)25-12-14-26(15-13-25)39-18-17-38-4/h6-16,19,21,30,32,37H,5,17-18,20H2,1-4H3/b29-21-,33-31?. The van der Waals surface area contributed by atoms with E-state index in [0.717, 1.165) is 27.6 Å². The van der Waals surface area contributed by atoms with E-state index >= 15 is 0 Å². The van der Waals surface area contributed by atoms with Crippen LogP contribution in [0.25, 0.3) is 0 Å². The van der Waals surface area contributed by atoms with E-state index in [1.165, 1.54) is 11.8 Å². The number of thioether (sulfide) groups is 1. The summed E-state index contributed by atoms with van der Waals surface area (Å²) in [5, 5.41) is 15.4. The number of aliphatic hydroxyl groups is 1. The Bertz CT molecular complexity index is 1350. The van der Waals surface area contributed by atoms with Gasteiger partial charge in [-0.3, -0.25) is 4.79 Å². The quantitative estimate of drug-likeness (QED) is 0.210. The van der Waals surface area contributed by atoms with E-state index in [4.69, 9.17) is 14.5 Å². The SMILES string of the molecule is CCNc1ccc(C(C)=O)cc1N=C1S/C(=C\N(C)c2ccc(OCCOC)cc2)C(O)N1Cc1ccccc1. The van der Waals surface area contributed by atoms with Gasteiger partial charge in [0.25, 0.3) is 0 Å². The Morgan fingerprint density at radius 2 is 1.88 bits per heavy atom. The number of aliphatic imine (C=N–C) groups is 1. The number of hydrogen-bond donors (Lipinski definition) is 2. The van der Waals surface area contributed by atoms with Gasteiger partial charge in [0.1, 0.15) is 12.4 Å². The average Bonchev–Trinajstić information content (AvgIpc) is 3.23. The molecule has 3 aromatic rings. The van der Waals surface area contributed by atoms with E-state index in [0.29, 0.717) is 42.7 Å². The first-order valence-electron chi connectivity index (χ1n) is 13.2. The number of Topliss-reactive ketones (excluding diaryl/α,β-unsaturated/α-hetero) is 1. The van der Waals surface area contributed by atoms with Gasteiger partial charge in [0, 0.05) is 44.7 Å². The predicted octanol–water partition coefficient (Wildman–Crippen LogP) is 5.88. The number of nitrogens with one attached hydrogen (secondary N) is 1. The van der Waals surface area contributed by atoms with Gasteiger partial charge < -0.3 is 29.7 Å². The number of rotatable bonds is 12. The van der Waals surface area contributed by atoms with Crippen molar-refractivity contribution in [2.75, 3.05) is 44.1 Å². The molecule has 0 radical (unpaired) electrons. The van der Waals surface area contributed by atoms with Crippen molar-refractivity contribution in [2.45, 2.75) is 26.6 Å². The number of benzene rings is 3. The highest BCUT2D eigenvalue weighted by molar-refractivity contribution is 8.17. The van der Waals surface area contributed by atoms with Crippen LogP contribution in [0, 0.1) is 0 Å². The number of aliphatic hydroxyl groups excluding tert-OH is 1. The van der Waals surface area contributed by atoms with Crippen LogP contribution in [0.2, 0.25) is 0 Å². The summed E-state index contributed by atoms with van der Waals surface area (Å²) < 4.78 is 10.7. The molecule has 0 bridgehead atoms. The zero-order valence-corrected chi connectivity index (χ0v) is 24.1. The summed E-state index contributed by atoms with van der Waals surface area (Å²) >= 11 is 1.42. The summed E-state index contributed by atoms with van der Waals surface area (Å²) in [5.74, 6) is 0.743. The molecule has 0 aromatic heterocycles. The van der Waals surface area contributed by atoms with Crippen molar-refractivity contribution in [1.29, 1.82) is 0 Å². The summed E-state index contributed by atoms with van der Waals surface area (Å²) in [6.45, 7) is 5.77. The molecule has 1 aliphatic rings. The Morgan fingerprint density at radius 1 is 1.12 bits per heavy atom. The predicted molar refractivity (Wildman–Crippen MR) is 164 cm³/mol. The third-order valence-corrected chi connectivity index (χ3v) is 7.37. The first-order valence-corrected chi connectivity index (χ1v) is 14.0.